The van der Waals surface area contributed by atoms with Gasteiger partial charge in [0.2, 0.25) is 11.8 Å². The Balaban J connectivity index is 1.41. The average molecular weight is 351 g/mol. The number of likely N-dealkylation sites (tertiary alicyclic amines) is 1. The molecule has 1 aliphatic carbocycles. The Bertz CT molecular complexity index is 633. The van der Waals surface area contributed by atoms with E-state index in [2.05, 4.69) is 10.3 Å². The van der Waals surface area contributed by atoms with Crippen LogP contribution < -0.4 is 5.32 Å². The van der Waals surface area contributed by atoms with Crippen molar-refractivity contribution in [2.45, 2.75) is 39.2 Å². The molecule has 8 heteroatoms. The minimum absolute atomic E-state index is 0.107. The molecule has 0 spiro atoms. The summed E-state index contributed by atoms with van der Waals surface area (Å²) in [5.41, 5.74) is 0.624. The molecule has 2 amide bonds. The Hall–Kier alpha value is -1.96. The Kier molecular flexibility index (Phi) is 5.13. The number of aromatic nitrogens is 1. The number of anilines is 1. The molecule has 0 radical (unpaired) electrons. The fourth-order valence-electron chi connectivity index (χ4n) is 2.77. The van der Waals surface area contributed by atoms with E-state index >= 15 is 0 Å². The second-order valence-electron chi connectivity index (χ2n) is 6.31. The molecule has 1 saturated heterocycles. The highest BCUT2D eigenvalue weighted by Gasteiger charge is 2.36. The molecule has 2 aliphatic rings. The molecule has 2 heterocycles. The van der Waals surface area contributed by atoms with Crippen molar-refractivity contribution in [3.05, 3.63) is 11.1 Å². The van der Waals surface area contributed by atoms with Gasteiger partial charge in [-0.25, -0.2) is 4.98 Å². The lowest BCUT2D eigenvalue weighted by atomic mass is 9.97. The van der Waals surface area contributed by atoms with Crippen LogP contribution in [0.4, 0.5) is 5.13 Å². The van der Waals surface area contributed by atoms with Gasteiger partial charge in [0, 0.05) is 31.3 Å². The van der Waals surface area contributed by atoms with Gasteiger partial charge in [-0.3, -0.25) is 14.4 Å². The van der Waals surface area contributed by atoms with Gasteiger partial charge in [0.25, 0.3) is 0 Å². The number of rotatable bonds is 5. The van der Waals surface area contributed by atoms with Gasteiger partial charge < -0.3 is 15.0 Å². The van der Waals surface area contributed by atoms with Crippen molar-refractivity contribution in [3.63, 3.8) is 0 Å². The molecule has 1 N–H and O–H groups in total. The number of carbonyl (C=O) groups is 3. The number of piperidine rings is 1. The number of esters is 1. The second kappa shape index (κ2) is 7.29. The van der Waals surface area contributed by atoms with Crippen LogP contribution in [-0.2, 0) is 25.7 Å². The number of ether oxygens (including phenoxy) is 1. The van der Waals surface area contributed by atoms with E-state index in [9.17, 15) is 14.4 Å². The predicted molar refractivity (Wildman–Crippen MR) is 88.2 cm³/mol. The predicted octanol–water partition coefficient (Wildman–Crippen LogP) is 1.79. The summed E-state index contributed by atoms with van der Waals surface area (Å²) in [4.78, 5) is 41.2. The molecule has 0 atom stereocenters. The Labute approximate surface area is 144 Å². The van der Waals surface area contributed by atoms with Crippen molar-refractivity contribution in [2.75, 3.05) is 18.4 Å². The molecule has 3 rings (SSSR count). The third kappa shape index (κ3) is 4.31. The number of hydrogen-bond donors (Lipinski definition) is 1. The third-order valence-corrected chi connectivity index (χ3v) is 5.07. The molecular formula is C16H21N3O4S. The molecule has 1 aromatic heterocycles. The summed E-state index contributed by atoms with van der Waals surface area (Å²) < 4.78 is 5.33. The van der Waals surface area contributed by atoms with Gasteiger partial charge in [-0.15, -0.1) is 11.3 Å². The van der Waals surface area contributed by atoms with Gasteiger partial charge in [-0.2, -0.15) is 0 Å². The summed E-state index contributed by atoms with van der Waals surface area (Å²) in [6, 6.07) is 0. The fourth-order valence-corrected chi connectivity index (χ4v) is 3.51. The molecule has 24 heavy (non-hydrogen) atoms. The van der Waals surface area contributed by atoms with Crippen LogP contribution in [0.5, 0.6) is 0 Å². The maximum absolute atomic E-state index is 12.2. The summed E-state index contributed by atoms with van der Waals surface area (Å²) >= 11 is 1.30. The lowest BCUT2D eigenvalue weighted by molar-refractivity contribution is -0.153. The van der Waals surface area contributed by atoms with Crippen LogP contribution in [-0.4, -0.2) is 40.8 Å². The minimum atomic E-state index is -0.234. The van der Waals surface area contributed by atoms with Crippen LogP contribution >= 0.6 is 11.3 Å². The van der Waals surface area contributed by atoms with Crippen molar-refractivity contribution in [1.29, 1.82) is 0 Å². The quantitative estimate of drug-likeness (QED) is 0.817. The molecule has 1 aromatic rings. The molecule has 0 bridgehead atoms. The summed E-state index contributed by atoms with van der Waals surface area (Å²) in [5, 5.41) is 4.86. The standard InChI is InChI=1S/C16H21N3O4S/c1-10(20)17-16-18-13(9-24-16)8-23-15(22)12-4-6-19(7-5-12)14(21)11-2-3-11/h9,11-12H,2-8H2,1H3,(H,17,18,20). The maximum Gasteiger partial charge on any atom is 0.309 e. The summed E-state index contributed by atoms with van der Waals surface area (Å²) in [7, 11) is 0. The van der Waals surface area contributed by atoms with E-state index in [-0.39, 0.29) is 36.2 Å². The molecular weight excluding hydrogens is 330 g/mol. The SMILES string of the molecule is CC(=O)Nc1nc(COC(=O)C2CCN(C(=O)C3CC3)CC2)cs1. The van der Waals surface area contributed by atoms with E-state index in [0.717, 1.165) is 12.8 Å². The van der Waals surface area contributed by atoms with Gasteiger partial charge in [0.05, 0.1) is 11.6 Å². The van der Waals surface area contributed by atoms with E-state index in [4.69, 9.17) is 4.74 Å². The van der Waals surface area contributed by atoms with Gasteiger partial charge in [-0.05, 0) is 25.7 Å². The van der Waals surface area contributed by atoms with E-state index < -0.39 is 0 Å². The normalized spacial score (nSPS) is 18.3. The first-order valence-electron chi connectivity index (χ1n) is 8.20. The Morgan fingerprint density at radius 3 is 2.58 bits per heavy atom. The van der Waals surface area contributed by atoms with Gasteiger partial charge in [0.15, 0.2) is 5.13 Å². The van der Waals surface area contributed by atoms with Gasteiger partial charge in [-0.1, -0.05) is 0 Å². The van der Waals surface area contributed by atoms with Crippen LogP contribution in [0.3, 0.4) is 0 Å². The van der Waals surface area contributed by atoms with Crippen molar-refractivity contribution in [2.24, 2.45) is 11.8 Å². The molecule has 130 valence electrons. The molecule has 7 nitrogen and oxygen atoms in total. The zero-order chi connectivity index (χ0) is 17.1. The minimum Gasteiger partial charge on any atom is -0.459 e. The van der Waals surface area contributed by atoms with Crippen molar-refractivity contribution in [1.82, 2.24) is 9.88 Å². The lowest BCUT2D eigenvalue weighted by Crippen LogP contribution is -2.41. The van der Waals surface area contributed by atoms with Crippen molar-refractivity contribution in [3.8, 4) is 0 Å². The Morgan fingerprint density at radius 1 is 1.25 bits per heavy atom. The smallest absolute Gasteiger partial charge is 0.309 e. The third-order valence-electron chi connectivity index (χ3n) is 4.26. The Morgan fingerprint density at radius 2 is 1.96 bits per heavy atom. The number of carbonyl (C=O) groups excluding carboxylic acids is 3. The van der Waals surface area contributed by atoms with E-state index in [1.54, 1.807) is 5.38 Å². The van der Waals surface area contributed by atoms with E-state index in [1.165, 1.54) is 18.3 Å². The highest BCUT2D eigenvalue weighted by molar-refractivity contribution is 7.13. The maximum atomic E-state index is 12.2. The average Bonchev–Trinajstić information content (AvgIpc) is 3.33. The number of amides is 2. The topological polar surface area (TPSA) is 88.6 Å². The summed E-state index contributed by atoms with van der Waals surface area (Å²) in [6.45, 7) is 2.80. The molecule has 0 unspecified atom stereocenters. The van der Waals surface area contributed by atoms with Gasteiger partial charge in [0.1, 0.15) is 6.61 Å². The second-order valence-corrected chi connectivity index (χ2v) is 7.16. The van der Waals surface area contributed by atoms with E-state index in [0.29, 0.717) is 36.8 Å². The first-order chi connectivity index (χ1) is 11.5. The zero-order valence-electron chi connectivity index (χ0n) is 13.6. The molecule has 0 aromatic carbocycles. The summed E-state index contributed by atoms with van der Waals surface area (Å²) in [6.07, 6.45) is 3.33. The first-order valence-corrected chi connectivity index (χ1v) is 9.08. The highest BCUT2D eigenvalue weighted by Crippen LogP contribution is 2.32. The molecule has 1 saturated carbocycles. The number of nitrogens with one attached hydrogen (secondary N) is 1. The number of hydrogen-bond acceptors (Lipinski definition) is 6. The first kappa shape index (κ1) is 16.9. The van der Waals surface area contributed by atoms with Crippen molar-refractivity contribution >= 4 is 34.3 Å². The fraction of sp³-hybridized carbons (Fsp3) is 0.625. The summed E-state index contributed by atoms with van der Waals surface area (Å²) in [5.74, 6) is -0.0875. The van der Waals surface area contributed by atoms with Crippen LogP contribution in [0, 0.1) is 11.8 Å². The highest BCUT2D eigenvalue weighted by atomic mass is 32.1. The zero-order valence-corrected chi connectivity index (χ0v) is 14.4. The van der Waals surface area contributed by atoms with Crippen LogP contribution in [0.15, 0.2) is 5.38 Å². The van der Waals surface area contributed by atoms with E-state index in [1.807, 2.05) is 4.90 Å². The monoisotopic (exact) mass is 351 g/mol. The van der Waals surface area contributed by atoms with Crippen molar-refractivity contribution < 1.29 is 19.1 Å². The van der Waals surface area contributed by atoms with Crippen LogP contribution in [0.2, 0.25) is 0 Å². The largest absolute Gasteiger partial charge is 0.459 e. The van der Waals surface area contributed by atoms with Crippen LogP contribution in [0.1, 0.15) is 38.3 Å². The molecule has 1 aliphatic heterocycles. The lowest BCUT2D eigenvalue weighted by Gasteiger charge is -2.31. The molecule has 2 fully saturated rings. The van der Waals surface area contributed by atoms with Crippen LogP contribution in [0.25, 0.3) is 0 Å². The number of nitrogens with zero attached hydrogens (tertiary/aromatic N) is 2. The van der Waals surface area contributed by atoms with Gasteiger partial charge >= 0.3 is 5.97 Å². The number of thiazole rings is 1.